The third-order valence-corrected chi connectivity index (χ3v) is 8.58. The maximum absolute atomic E-state index is 12.0. The molecule has 0 spiro atoms. The number of hydrogen-bond acceptors (Lipinski definition) is 8. The molecule has 2 aliphatic rings. The topological polar surface area (TPSA) is 109 Å². The first-order valence-electron chi connectivity index (χ1n) is 11.6. The van der Waals surface area contributed by atoms with Crippen LogP contribution >= 0.6 is 0 Å². The van der Waals surface area contributed by atoms with E-state index in [1.807, 2.05) is 30.7 Å². The molecule has 3 aromatic heterocycles. The highest BCUT2D eigenvalue weighted by Crippen LogP contribution is 2.33. The fourth-order valence-electron chi connectivity index (χ4n) is 5.02. The van der Waals surface area contributed by atoms with Crippen molar-refractivity contribution in [3.8, 4) is 11.3 Å². The number of imidazole rings is 1. The van der Waals surface area contributed by atoms with Gasteiger partial charge in [-0.2, -0.15) is 5.10 Å². The molecule has 1 N–H and O–H groups in total. The molecule has 0 radical (unpaired) electrons. The first-order chi connectivity index (χ1) is 16.5. The normalized spacial score (nSPS) is 18.3. The van der Waals surface area contributed by atoms with Crippen LogP contribution in [0.1, 0.15) is 12.8 Å². The number of nitrogens with zero attached hydrogens (tertiary/aromatic N) is 6. The highest BCUT2D eigenvalue weighted by atomic mass is 32.2. The number of ether oxygens (including phenoxy) is 1. The highest BCUT2D eigenvalue weighted by molar-refractivity contribution is 7.91. The molecule has 2 fully saturated rings. The number of aromatic nitrogens is 5. The summed E-state index contributed by atoms with van der Waals surface area (Å²) in [7, 11) is -3.03. The summed E-state index contributed by atoms with van der Waals surface area (Å²) in [5, 5.41) is 7.99. The molecule has 0 amide bonds. The number of sulfone groups is 1. The number of hydrogen-bond donors (Lipinski definition) is 1. The largest absolute Gasteiger partial charge is 0.378 e. The molecule has 11 heteroatoms. The first kappa shape index (κ1) is 21.4. The number of fused-ring (bicyclic) bond motifs is 2. The van der Waals surface area contributed by atoms with E-state index in [4.69, 9.17) is 14.7 Å². The summed E-state index contributed by atoms with van der Waals surface area (Å²) in [6.45, 7) is 4.17. The van der Waals surface area contributed by atoms with Crippen molar-refractivity contribution in [3.05, 3.63) is 36.8 Å². The van der Waals surface area contributed by atoms with E-state index < -0.39 is 9.84 Å². The fourth-order valence-corrected chi connectivity index (χ4v) is 6.08. The lowest BCUT2D eigenvalue weighted by molar-refractivity contribution is 0.122. The second-order valence-electron chi connectivity index (χ2n) is 9.01. The average molecular weight is 482 g/mol. The number of benzene rings is 1. The van der Waals surface area contributed by atoms with Gasteiger partial charge < -0.3 is 14.5 Å². The quantitative estimate of drug-likeness (QED) is 0.472. The number of rotatable bonds is 4. The van der Waals surface area contributed by atoms with E-state index in [0.29, 0.717) is 39.1 Å². The van der Waals surface area contributed by atoms with Crippen LogP contribution in [0.2, 0.25) is 0 Å². The van der Waals surface area contributed by atoms with Crippen LogP contribution in [-0.4, -0.2) is 83.9 Å². The Hall–Kier alpha value is -3.18. The van der Waals surface area contributed by atoms with Gasteiger partial charge in [0.1, 0.15) is 15.7 Å². The molecule has 34 heavy (non-hydrogen) atoms. The molecule has 5 heterocycles. The number of piperidine rings is 1. The summed E-state index contributed by atoms with van der Waals surface area (Å²) < 4.78 is 31.7. The van der Waals surface area contributed by atoms with E-state index >= 15 is 0 Å². The van der Waals surface area contributed by atoms with Gasteiger partial charge in [0.05, 0.1) is 42.1 Å². The van der Waals surface area contributed by atoms with E-state index in [1.165, 1.54) is 6.26 Å². The van der Waals surface area contributed by atoms with Crippen LogP contribution in [0.25, 0.3) is 27.8 Å². The maximum Gasteiger partial charge on any atom is 0.181 e. The van der Waals surface area contributed by atoms with Gasteiger partial charge in [0.25, 0.3) is 0 Å². The van der Waals surface area contributed by atoms with Crippen molar-refractivity contribution in [2.75, 3.05) is 55.4 Å². The van der Waals surface area contributed by atoms with Crippen molar-refractivity contribution >= 4 is 38.0 Å². The molecule has 6 rings (SSSR count). The number of anilines is 2. The molecule has 4 aromatic rings. The van der Waals surface area contributed by atoms with E-state index in [1.54, 1.807) is 0 Å². The number of nitrogens with one attached hydrogen (secondary N) is 1. The Morgan fingerprint density at radius 3 is 2.62 bits per heavy atom. The van der Waals surface area contributed by atoms with Gasteiger partial charge in [-0.05, 0) is 18.9 Å². The highest BCUT2D eigenvalue weighted by Gasteiger charge is 2.29. The molecule has 0 saturated carbocycles. The Kier molecular flexibility index (Phi) is 5.18. The molecule has 0 unspecified atom stereocenters. The molecule has 0 aliphatic carbocycles. The third kappa shape index (κ3) is 3.68. The second-order valence-corrected chi connectivity index (χ2v) is 11.3. The molecule has 0 bridgehead atoms. The Labute approximate surface area is 197 Å². The van der Waals surface area contributed by atoms with Crippen molar-refractivity contribution in [2.45, 2.75) is 18.1 Å². The van der Waals surface area contributed by atoms with Crippen molar-refractivity contribution in [1.82, 2.24) is 24.6 Å². The molecule has 10 nitrogen and oxygen atoms in total. The van der Waals surface area contributed by atoms with Crippen LogP contribution in [0.5, 0.6) is 0 Å². The van der Waals surface area contributed by atoms with Crippen LogP contribution < -0.4 is 9.80 Å². The maximum atomic E-state index is 12.0. The zero-order valence-corrected chi connectivity index (χ0v) is 19.8. The third-order valence-electron chi connectivity index (χ3n) is 6.90. The Morgan fingerprint density at radius 2 is 1.85 bits per heavy atom. The van der Waals surface area contributed by atoms with Crippen LogP contribution in [-0.2, 0) is 14.6 Å². The van der Waals surface area contributed by atoms with E-state index in [-0.39, 0.29) is 5.25 Å². The average Bonchev–Trinajstić information content (AvgIpc) is 3.50. The lowest BCUT2D eigenvalue weighted by Crippen LogP contribution is -2.39. The Bertz CT molecular complexity index is 1450. The molecule has 178 valence electrons. The van der Waals surface area contributed by atoms with Crippen molar-refractivity contribution in [3.63, 3.8) is 0 Å². The Balaban J connectivity index is 1.47. The fraction of sp³-hybridized carbons (Fsp3) is 0.435. The Morgan fingerprint density at radius 1 is 1.06 bits per heavy atom. The minimum atomic E-state index is -3.03. The zero-order valence-electron chi connectivity index (χ0n) is 19.0. The van der Waals surface area contributed by atoms with Crippen molar-refractivity contribution in [1.29, 1.82) is 0 Å². The zero-order chi connectivity index (χ0) is 23.3. The molecule has 0 atom stereocenters. The summed E-state index contributed by atoms with van der Waals surface area (Å²) >= 11 is 0. The molecule has 2 aliphatic heterocycles. The standard InChI is InChI=1S/C23H27N7O3S/c1-34(31,32)16-5-7-28(8-6-16)21-14-24-22-23(29-9-11-33-12-10-29)26-20(15-30(21)22)17-3-2-4-19-18(17)13-25-27-19/h2-4,13-16H,5-12H2,1H3,(H,25,27). The van der Waals surface area contributed by atoms with Gasteiger partial charge in [0.15, 0.2) is 11.5 Å². The predicted octanol–water partition coefficient (Wildman–Crippen LogP) is 2.12. The van der Waals surface area contributed by atoms with Crippen molar-refractivity contribution < 1.29 is 13.2 Å². The summed E-state index contributed by atoms with van der Waals surface area (Å²) in [5.41, 5.74) is 3.59. The van der Waals surface area contributed by atoms with Crippen molar-refractivity contribution in [2.24, 2.45) is 0 Å². The smallest absolute Gasteiger partial charge is 0.181 e. The van der Waals surface area contributed by atoms with Gasteiger partial charge in [-0.1, -0.05) is 12.1 Å². The van der Waals surface area contributed by atoms with Gasteiger partial charge in [-0.3, -0.25) is 9.50 Å². The van der Waals surface area contributed by atoms with Crippen LogP contribution in [0, 0.1) is 0 Å². The predicted molar refractivity (Wildman–Crippen MR) is 131 cm³/mol. The second kappa shape index (κ2) is 8.24. The minimum Gasteiger partial charge on any atom is -0.378 e. The SMILES string of the molecule is CS(=O)(=O)C1CCN(c2cnc3c(N4CCOCC4)nc(-c4cccc5[nH]ncc45)cn23)CC1. The molecular weight excluding hydrogens is 454 g/mol. The minimum absolute atomic E-state index is 0.275. The summed E-state index contributed by atoms with van der Waals surface area (Å²) in [6.07, 6.45) is 8.32. The monoisotopic (exact) mass is 481 g/mol. The van der Waals surface area contributed by atoms with Gasteiger partial charge >= 0.3 is 0 Å². The first-order valence-corrected chi connectivity index (χ1v) is 13.5. The number of aromatic amines is 1. The van der Waals surface area contributed by atoms with E-state index in [9.17, 15) is 8.42 Å². The van der Waals surface area contributed by atoms with Crippen LogP contribution in [0.4, 0.5) is 11.6 Å². The van der Waals surface area contributed by atoms with E-state index in [0.717, 1.165) is 52.5 Å². The molecule has 2 saturated heterocycles. The summed E-state index contributed by atoms with van der Waals surface area (Å²) in [5.74, 6) is 1.79. The van der Waals surface area contributed by atoms with Gasteiger partial charge in [-0.15, -0.1) is 0 Å². The number of H-pyrrole nitrogens is 1. The van der Waals surface area contributed by atoms with Crippen LogP contribution in [0.3, 0.4) is 0 Å². The lowest BCUT2D eigenvalue weighted by atomic mass is 10.1. The van der Waals surface area contributed by atoms with Gasteiger partial charge in [0, 0.05) is 49.6 Å². The van der Waals surface area contributed by atoms with E-state index in [2.05, 4.69) is 30.5 Å². The van der Waals surface area contributed by atoms with Gasteiger partial charge in [0.2, 0.25) is 0 Å². The lowest BCUT2D eigenvalue weighted by Gasteiger charge is -2.32. The molecule has 1 aromatic carbocycles. The van der Waals surface area contributed by atoms with Gasteiger partial charge in [-0.25, -0.2) is 18.4 Å². The summed E-state index contributed by atoms with van der Waals surface area (Å²) in [4.78, 5) is 14.3. The summed E-state index contributed by atoms with van der Waals surface area (Å²) in [6, 6.07) is 6.06. The molecular formula is C23H27N7O3S. The van der Waals surface area contributed by atoms with Crippen LogP contribution in [0.15, 0.2) is 36.8 Å². The number of morpholine rings is 1.